The van der Waals surface area contributed by atoms with Crippen LogP contribution in [0.15, 0.2) is 0 Å². The van der Waals surface area contributed by atoms with Gasteiger partial charge in [-0.15, -0.1) is 0 Å². The third kappa shape index (κ3) is 2.71. The van der Waals surface area contributed by atoms with E-state index < -0.39 is 5.54 Å². The van der Waals surface area contributed by atoms with Crippen LogP contribution in [0, 0.1) is 5.41 Å². The predicted molar refractivity (Wildman–Crippen MR) is 61.7 cm³/mol. The lowest BCUT2D eigenvalue weighted by molar-refractivity contribution is 0.0640. The summed E-state index contributed by atoms with van der Waals surface area (Å²) in [6, 6.07) is 0.414. The van der Waals surface area contributed by atoms with E-state index in [0.29, 0.717) is 6.04 Å². The highest BCUT2D eigenvalue weighted by molar-refractivity contribution is 4.97. The van der Waals surface area contributed by atoms with Gasteiger partial charge < -0.3 is 15.5 Å². The fourth-order valence-electron chi connectivity index (χ4n) is 2.43. The quantitative estimate of drug-likeness (QED) is 0.648. The maximum Gasteiger partial charge on any atom is 0.0647 e. The summed E-state index contributed by atoms with van der Waals surface area (Å²) in [4.78, 5) is 0. The van der Waals surface area contributed by atoms with Gasteiger partial charge in [0.15, 0.2) is 0 Å². The molecule has 0 heterocycles. The maximum absolute atomic E-state index is 9.38. The van der Waals surface area contributed by atoms with Crippen molar-refractivity contribution in [3.05, 3.63) is 0 Å². The molecule has 1 atom stereocenters. The predicted octanol–water partition coefficient (Wildman–Crippen LogP) is 1.29. The molecule has 0 radical (unpaired) electrons. The van der Waals surface area contributed by atoms with E-state index >= 15 is 0 Å². The standard InChI is InChI=1S/C12H25NO2/c1-4-12(8-14,9-15)13-10-6-5-7-11(10,2)3/h10,13-15H,4-9H2,1-3H3. The zero-order chi connectivity index (χ0) is 11.5. The molecular weight excluding hydrogens is 190 g/mol. The Balaban J connectivity index is 2.66. The fourth-order valence-corrected chi connectivity index (χ4v) is 2.43. The number of aliphatic hydroxyl groups excluding tert-OH is 2. The van der Waals surface area contributed by atoms with E-state index in [1.54, 1.807) is 0 Å². The molecular formula is C12H25NO2. The van der Waals surface area contributed by atoms with E-state index in [4.69, 9.17) is 0 Å². The molecule has 3 nitrogen and oxygen atoms in total. The summed E-state index contributed by atoms with van der Waals surface area (Å²) in [5.41, 5.74) is -0.211. The van der Waals surface area contributed by atoms with Crippen molar-refractivity contribution in [1.82, 2.24) is 5.32 Å². The van der Waals surface area contributed by atoms with Gasteiger partial charge >= 0.3 is 0 Å². The first-order chi connectivity index (χ1) is 6.99. The summed E-state index contributed by atoms with van der Waals surface area (Å²) in [5.74, 6) is 0. The van der Waals surface area contributed by atoms with Crippen LogP contribution in [0.4, 0.5) is 0 Å². The van der Waals surface area contributed by atoms with E-state index in [-0.39, 0.29) is 18.6 Å². The fraction of sp³-hybridized carbons (Fsp3) is 1.00. The smallest absolute Gasteiger partial charge is 0.0647 e. The largest absolute Gasteiger partial charge is 0.394 e. The molecule has 1 aliphatic carbocycles. The maximum atomic E-state index is 9.38. The van der Waals surface area contributed by atoms with Gasteiger partial charge in [-0.3, -0.25) is 0 Å². The van der Waals surface area contributed by atoms with Crippen LogP contribution in [0.1, 0.15) is 46.5 Å². The number of rotatable bonds is 5. The van der Waals surface area contributed by atoms with Crippen molar-refractivity contribution in [1.29, 1.82) is 0 Å². The lowest BCUT2D eigenvalue weighted by Gasteiger charge is -2.38. The molecule has 0 aromatic heterocycles. The van der Waals surface area contributed by atoms with Gasteiger partial charge in [0.1, 0.15) is 0 Å². The SMILES string of the molecule is CCC(CO)(CO)NC1CCCC1(C)C. The highest BCUT2D eigenvalue weighted by Gasteiger charge is 2.39. The van der Waals surface area contributed by atoms with E-state index in [1.807, 2.05) is 6.92 Å². The minimum Gasteiger partial charge on any atom is -0.394 e. The second-order valence-corrected chi connectivity index (χ2v) is 5.53. The van der Waals surface area contributed by atoms with Gasteiger partial charge in [0.05, 0.1) is 18.8 Å². The average Bonchev–Trinajstić information content (AvgIpc) is 2.55. The molecule has 0 spiro atoms. The average molecular weight is 215 g/mol. The lowest BCUT2D eigenvalue weighted by atomic mass is 9.85. The molecule has 0 bridgehead atoms. The van der Waals surface area contributed by atoms with Crippen LogP contribution in [0.2, 0.25) is 0 Å². The minimum atomic E-state index is -0.494. The van der Waals surface area contributed by atoms with E-state index in [2.05, 4.69) is 19.2 Å². The molecule has 0 amide bonds. The number of hydrogen-bond acceptors (Lipinski definition) is 3. The molecule has 1 fully saturated rings. The molecule has 0 saturated heterocycles. The zero-order valence-electron chi connectivity index (χ0n) is 10.2. The molecule has 90 valence electrons. The molecule has 3 N–H and O–H groups in total. The highest BCUT2D eigenvalue weighted by Crippen LogP contribution is 2.38. The summed E-state index contributed by atoms with van der Waals surface area (Å²) in [7, 11) is 0. The van der Waals surface area contributed by atoms with E-state index in [0.717, 1.165) is 12.8 Å². The Bertz CT molecular complexity index is 192. The van der Waals surface area contributed by atoms with Crippen molar-refractivity contribution < 1.29 is 10.2 Å². The third-order valence-corrected chi connectivity index (χ3v) is 4.02. The Kier molecular flexibility index (Phi) is 4.15. The summed E-state index contributed by atoms with van der Waals surface area (Å²) in [6.07, 6.45) is 4.37. The van der Waals surface area contributed by atoms with Crippen LogP contribution < -0.4 is 5.32 Å². The number of nitrogens with one attached hydrogen (secondary N) is 1. The molecule has 1 aliphatic rings. The van der Waals surface area contributed by atoms with Gasteiger partial charge in [-0.2, -0.15) is 0 Å². The van der Waals surface area contributed by atoms with Gasteiger partial charge in [0.2, 0.25) is 0 Å². The number of hydrogen-bond donors (Lipinski definition) is 3. The summed E-state index contributed by atoms with van der Waals surface area (Å²) in [6.45, 7) is 6.53. The van der Waals surface area contributed by atoms with Crippen molar-refractivity contribution in [3.63, 3.8) is 0 Å². The van der Waals surface area contributed by atoms with Gasteiger partial charge in [-0.05, 0) is 24.7 Å². The third-order valence-electron chi connectivity index (χ3n) is 4.02. The molecule has 1 rings (SSSR count). The van der Waals surface area contributed by atoms with Crippen LogP contribution in [-0.4, -0.2) is 35.0 Å². The minimum absolute atomic E-state index is 0.00653. The van der Waals surface area contributed by atoms with Crippen molar-refractivity contribution >= 4 is 0 Å². The van der Waals surface area contributed by atoms with Crippen LogP contribution in [0.3, 0.4) is 0 Å². The van der Waals surface area contributed by atoms with Crippen LogP contribution in [0.25, 0.3) is 0 Å². The Morgan fingerprint density at radius 3 is 2.27 bits per heavy atom. The monoisotopic (exact) mass is 215 g/mol. The van der Waals surface area contributed by atoms with Crippen LogP contribution in [0.5, 0.6) is 0 Å². The van der Waals surface area contributed by atoms with Crippen molar-refractivity contribution in [2.24, 2.45) is 5.41 Å². The molecule has 1 unspecified atom stereocenters. The lowest BCUT2D eigenvalue weighted by Crippen LogP contribution is -2.57. The first-order valence-electron chi connectivity index (χ1n) is 5.99. The molecule has 0 aromatic rings. The second kappa shape index (κ2) is 4.81. The van der Waals surface area contributed by atoms with Crippen LogP contribution >= 0.6 is 0 Å². The van der Waals surface area contributed by atoms with Crippen molar-refractivity contribution in [2.75, 3.05) is 13.2 Å². The molecule has 0 aliphatic heterocycles. The normalized spacial score (nSPS) is 25.8. The zero-order valence-corrected chi connectivity index (χ0v) is 10.2. The van der Waals surface area contributed by atoms with E-state index in [9.17, 15) is 10.2 Å². The summed E-state index contributed by atoms with van der Waals surface area (Å²) in [5, 5.41) is 22.2. The van der Waals surface area contributed by atoms with Crippen molar-refractivity contribution in [3.8, 4) is 0 Å². The topological polar surface area (TPSA) is 52.5 Å². The van der Waals surface area contributed by atoms with Crippen molar-refractivity contribution in [2.45, 2.75) is 58.0 Å². The molecule has 3 heteroatoms. The van der Waals surface area contributed by atoms with E-state index in [1.165, 1.54) is 12.8 Å². The Morgan fingerprint density at radius 1 is 1.33 bits per heavy atom. The Morgan fingerprint density at radius 2 is 1.93 bits per heavy atom. The van der Waals surface area contributed by atoms with Gasteiger partial charge in [0.25, 0.3) is 0 Å². The van der Waals surface area contributed by atoms with Gasteiger partial charge in [0, 0.05) is 6.04 Å². The first kappa shape index (κ1) is 12.9. The van der Waals surface area contributed by atoms with Crippen LogP contribution in [-0.2, 0) is 0 Å². The number of aliphatic hydroxyl groups is 2. The first-order valence-corrected chi connectivity index (χ1v) is 5.99. The summed E-state index contributed by atoms with van der Waals surface area (Å²) < 4.78 is 0. The summed E-state index contributed by atoms with van der Waals surface area (Å²) >= 11 is 0. The van der Waals surface area contributed by atoms with Gasteiger partial charge in [-0.25, -0.2) is 0 Å². The Hall–Kier alpha value is -0.120. The molecule has 1 saturated carbocycles. The second-order valence-electron chi connectivity index (χ2n) is 5.53. The van der Waals surface area contributed by atoms with Gasteiger partial charge in [-0.1, -0.05) is 27.2 Å². The molecule has 0 aromatic carbocycles. The molecule has 15 heavy (non-hydrogen) atoms. The highest BCUT2D eigenvalue weighted by atomic mass is 16.3. The Labute approximate surface area is 92.9 Å².